The molecule has 0 saturated heterocycles. The van der Waals surface area contributed by atoms with Crippen molar-refractivity contribution in [3.63, 3.8) is 0 Å². The summed E-state index contributed by atoms with van der Waals surface area (Å²) in [6.07, 6.45) is 8.03. The van der Waals surface area contributed by atoms with Gasteiger partial charge in [-0.1, -0.05) is 31.5 Å². The summed E-state index contributed by atoms with van der Waals surface area (Å²) in [6, 6.07) is 3.63. The van der Waals surface area contributed by atoms with Crippen molar-refractivity contribution in [3.05, 3.63) is 24.5 Å². The SMILES string of the molecule is CN(C(=O)C1(C(N)=S)CCCCC1)c1ccncc1. The quantitative estimate of drug-likeness (QED) is 0.861. The fourth-order valence-electron chi connectivity index (χ4n) is 2.73. The summed E-state index contributed by atoms with van der Waals surface area (Å²) in [5.74, 6) is 0.00546. The Balaban J connectivity index is 2.27. The molecule has 0 radical (unpaired) electrons. The number of nitrogens with two attached hydrogens (primary N) is 1. The number of carbonyl (C=O) groups is 1. The Kier molecular flexibility index (Phi) is 4.14. The highest BCUT2D eigenvalue weighted by molar-refractivity contribution is 7.80. The van der Waals surface area contributed by atoms with Crippen molar-refractivity contribution in [2.45, 2.75) is 32.1 Å². The Morgan fingerprint density at radius 1 is 1.32 bits per heavy atom. The molecule has 0 aliphatic heterocycles. The highest BCUT2D eigenvalue weighted by Crippen LogP contribution is 2.39. The van der Waals surface area contributed by atoms with Crippen molar-refractivity contribution in [2.24, 2.45) is 11.1 Å². The summed E-state index contributed by atoms with van der Waals surface area (Å²) in [5, 5.41) is 0. The number of hydrogen-bond donors (Lipinski definition) is 1. The maximum absolute atomic E-state index is 12.8. The van der Waals surface area contributed by atoms with Crippen LogP contribution in [-0.2, 0) is 4.79 Å². The maximum atomic E-state index is 12.8. The predicted molar refractivity (Wildman–Crippen MR) is 80.0 cm³/mol. The smallest absolute Gasteiger partial charge is 0.239 e. The standard InChI is InChI=1S/C14H19N3OS/c1-17(11-5-9-16-10-6-11)13(18)14(12(15)19)7-3-2-4-8-14/h5-6,9-10H,2-4,7-8H2,1H3,(H2,15,19). The molecule has 4 nitrogen and oxygen atoms in total. The Morgan fingerprint density at radius 2 is 1.89 bits per heavy atom. The summed E-state index contributed by atoms with van der Waals surface area (Å²) in [4.78, 5) is 18.7. The van der Waals surface area contributed by atoms with Crippen molar-refractivity contribution in [1.29, 1.82) is 0 Å². The van der Waals surface area contributed by atoms with Crippen LogP contribution in [0.15, 0.2) is 24.5 Å². The molecule has 0 atom stereocenters. The topological polar surface area (TPSA) is 59.2 Å². The Labute approximate surface area is 119 Å². The molecule has 1 saturated carbocycles. The molecular formula is C14H19N3OS. The van der Waals surface area contributed by atoms with E-state index in [0.29, 0.717) is 4.99 Å². The monoisotopic (exact) mass is 277 g/mol. The van der Waals surface area contributed by atoms with E-state index in [1.165, 1.54) is 0 Å². The van der Waals surface area contributed by atoms with Gasteiger partial charge < -0.3 is 10.6 Å². The molecule has 1 aromatic rings. The van der Waals surface area contributed by atoms with Gasteiger partial charge in [0.1, 0.15) is 0 Å². The van der Waals surface area contributed by atoms with Gasteiger partial charge >= 0.3 is 0 Å². The molecule has 19 heavy (non-hydrogen) atoms. The predicted octanol–water partition coefficient (Wildman–Crippen LogP) is 2.28. The van der Waals surface area contributed by atoms with Crippen LogP contribution in [0.5, 0.6) is 0 Å². The van der Waals surface area contributed by atoms with E-state index in [1.807, 2.05) is 12.1 Å². The van der Waals surface area contributed by atoms with Crippen LogP contribution in [-0.4, -0.2) is 22.9 Å². The second-order valence-corrected chi connectivity index (χ2v) is 5.52. The molecule has 1 heterocycles. The van der Waals surface area contributed by atoms with Crippen molar-refractivity contribution in [3.8, 4) is 0 Å². The highest BCUT2D eigenvalue weighted by atomic mass is 32.1. The van der Waals surface area contributed by atoms with Crippen LogP contribution in [0.1, 0.15) is 32.1 Å². The molecule has 1 aliphatic rings. The molecule has 1 aromatic heterocycles. The minimum atomic E-state index is -0.661. The number of amides is 1. The van der Waals surface area contributed by atoms with Crippen LogP contribution in [0.3, 0.4) is 0 Å². The molecule has 2 N–H and O–H groups in total. The maximum Gasteiger partial charge on any atom is 0.239 e. The number of rotatable bonds is 3. The van der Waals surface area contributed by atoms with E-state index >= 15 is 0 Å². The molecular weight excluding hydrogens is 258 g/mol. The van der Waals surface area contributed by atoms with Crippen LogP contribution in [0.25, 0.3) is 0 Å². The number of carbonyl (C=O) groups excluding carboxylic acids is 1. The minimum absolute atomic E-state index is 0.00546. The molecule has 0 bridgehead atoms. The third-order valence-electron chi connectivity index (χ3n) is 3.94. The summed E-state index contributed by atoms with van der Waals surface area (Å²) >= 11 is 5.19. The lowest BCUT2D eigenvalue weighted by Gasteiger charge is -2.37. The average Bonchev–Trinajstić information content (AvgIpc) is 2.47. The van der Waals surface area contributed by atoms with Gasteiger partial charge in [0.2, 0.25) is 5.91 Å². The van der Waals surface area contributed by atoms with Crippen LogP contribution >= 0.6 is 12.2 Å². The van der Waals surface area contributed by atoms with Crippen molar-refractivity contribution in [1.82, 2.24) is 4.98 Å². The summed E-state index contributed by atoms with van der Waals surface area (Å²) < 4.78 is 0. The second kappa shape index (κ2) is 5.65. The van der Waals surface area contributed by atoms with Crippen molar-refractivity contribution >= 4 is 28.8 Å². The van der Waals surface area contributed by atoms with E-state index in [1.54, 1.807) is 24.3 Å². The van der Waals surface area contributed by atoms with E-state index in [-0.39, 0.29) is 5.91 Å². The van der Waals surface area contributed by atoms with Gasteiger partial charge in [-0.2, -0.15) is 0 Å². The summed E-state index contributed by atoms with van der Waals surface area (Å²) in [6.45, 7) is 0. The minimum Gasteiger partial charge on any atom is -0.392 e. The van der Waals surface area contributed by atoms with Gasteiger partial charge in [-0.3, -0.25) is 9.78 Å². The molecule has 0 aromatic carbocycles. The van der Waals surface area contributed by atoms with Gasteiger partial charge in [-0.05, 0) is 25.0 Å². The van der Waals surface area contributed by atoms with Crippen molar-refractivity contribution in [2.75, 3.05) is 11.9 Å². The van der Waals surface area contributed by atoms with Gasteiger partial charge in [-0.25, -0.2) is 0 Å². The normalized spacial score (nSPS) is 17.7. The third-order valence-corrected chi connectivity index (χ3v) is 4.33. The lowest BCUT2D eigenvalue weighted by atomic mass is 9.73. The fourth-order valence-corrected chi connectivity index (χ4v) is 3.02. The van der Waals surface area contributed by atoms with Crippen LogP contribution in [0.4, 0.5) is 5.69 Å². The number of thiocarbonyl (C=S) groups is 1. The summed E-state index contributed by atoms with van der Waals surface area (Å²) in [7, 11) is 1.77. The lowest BCUT2D eigenvalue weighted by Crippen LogP contribution is -2.50. The molecule has 1 fully saturated rings. The molecule has 102 valence electrons. The van der Waals surface area contributed by atoms with Crippen LogP contribution < -0.4 is 10.6 Å². The number of hydrogen-bond acceptors (Lipinski definition) is 3. The first-order valence-corrected chi connectivity index (χ1v) is 6.97. The lowest BCUT2D eigenvalue weighted by molar-refractivity contribution is -0.125. The Hall–Kier alpha value is -1.49. The summed E-state index contributed by atoms with van der Waals surface area (Å²) in [5.41, 5.74) is 6.05. The first kappa shape index (κ1) is 13.9. The fraction of sp³-hybridized carbons (Fsp3) is 0.500. The zero-order valence-corrected chi connectivity index (χ0v) is 11.9. The molecule has 0 spiro atoms. The number of pyridine rings is 1. The number of anilines is 1. The largest absolute Gasteiger partial charge is 0.392 e. The van der Waals surface area contributed by atoms with Gasteiger partial charge in [-0.15, -0.1) is 0 Å². The van der Waals surface area contributed by atoms with E-state index in [4.69, 9.17) is 18.0 Å². The molecule has 5 heteroatoms. The van der Waals surface area contributed by atoms with Crippen molar-refractivity contribution < 1.29 is 4.79 Å². The van der Waals surface area contributed by atoms with E-state index < -0.39 is 5.41 Å². The molecule has 1 aliphatic carbocycles. The highest BCUT2D eigenvalue weighted by Gasteiger charge is 2.44. The van der Waals surface area contributed by atoms with E-state index in [0.717, 1.165) is 37.8 Å². The molecule has 2 rings (SSSR count). The second-order valence-electron chi connectivity index (χ2n) is 5.08. The van der Waals surface area contributed by atoms with Gasteiger partial charge in [0.25, 0.3) is 0 Å². The van der Waals surface area contributed by atoms with Crippen LogP contribution in [0, 0.1) is 5.41 Å². The van der Waals surface area contributed by atoms with Gasteiger partial charge in [0.05, 0.1) is 10.4 Å². The van der Waals surface area contributed by atoms with Gasteiger partial charge in [0.15, 0.2) is 0 Å². The zero-order chi connectivity index (χ0) is 13.9. The number of nitrogens with zero attached hydrogens (tertiary/aromatic N) is 2. The van der Waals surface area contributed by atoms with Crippen LogP contribution in [0.2, 0.25) is 0 Å². The van der Waals surface area contributed by atoms with E-state index in [9.17, 15) is 4.79 Å². The molecule has 1 amide bonds. The Morgan fingerprint density at radius 3 is 2.42 bits per heavy atom. The van der Waals surface area contributed by atoms with E-state index in [2.05, 4.69) is 4.98 Å². The third kappa shape index (κ3) is 2.61. The van der Waals surface area contributed by atoms with Gasteiger partial charge in [0, 0.05) is 25.1 Å². The first-order chi connectivity index (χ1) is 9.08. The average molecular weight is 277 g/mol. The Bertz CT molecular complexity index is 469. The first-order valence-electron chi connectivity index (χ1n) is 6.56. The number of aromatic nitrogens is 1. The molecule has 0 unspecified atom stereocenters. The zero-order valence-electron chi connectivity index (χ0n) is 11.1.